The molecule has 128 valence electrons. The highest BCUT2D eigenvalue weighted by atomic mass is 79.9. The summed E-state index contributed by atoms with van der Waals surface area (Å²) >= 11 is 3.67. The van der Waals surface area contributed by atoms with Crippen LogP contribution in [0.1, 0.15) is 29.5 Å². The van der Waals surface area contributed by atoms with Gasteiger partial charge in [-0.15, -0.1) is 0 Å². The Labute approximate surface area is 157 Å². The number of hydrogen-bond acceptors (Lipinski definition) is 2. The molecule has 1 aliphatic carbocycles. The van der Waals surface area contributed by atoms with Gasteiger partial charge in [-0.05, 0) is 42.2 Å². The summed E-state index contributed by atoms with van der Waals surface area (Å²) in [6.45, 7) is 1.54. The number of guanidine groups is 1. The molecule has 1 aliphatic rings. The third kappa shape index (κ3) is 4.21. The van der Waals surface area contributed by atoms with E-state index in [4.69, 9.17) is 5.26 Å². The monoisotopic (exact) mass is 396 g/mol. The Hall–Kier alpha value is -2.32. The fourth-order valence-electron chi connectivity index (χ4n) is 2.94. The summed E-state index contributed by atoms with van der Waals surface area (Å²) in [6, 6.07) is 18.2. The molecule has 3 rings (SSSR count). The van der Waals surface area contributed by atoms with Crippen molar-refractivity contribution >= 4 is 21.9 Å². The largest absolute Gasteiger partial charge is 0.356 e. The summed E-state index contributed by atoms with van der Waals surface area (Å²) in [7, 11) is 1.78. The zero-order valence-corrected chi connectivity index (χ0v) is 15.8. The molecule has 2 aromatic carbocycles. The van der Waals surface area contributed by atoms with E-state index in [1.807, 2.05) is 24.3 Å². The second-order valence-corrected chi connectivity index (χ2v) is 7.20. The molecule has 0 spiro atoms. The highest BCUT2D eigenvalue weighted by molar-refractivity contribution is 9.10. The van der Waals surface area contributed by atoms with Crippen LogP contribution in [0.2, 0.25) is 0 Å². The third-order valence-corrected chi connectivity index (χ3v) is 5.35. The Morgan fingerprint density at radius 2 is 1.88 bits per heavy atom. The van der Waals surface area contributed by atoms with Gasteiger partial charge in [0.2, 0.25) is 0 Å². The zero-order chi connectivity index (χ0) is 17.7. The van der Waals surface area contributed by atoms with Crippen molar-refractivity contribution in [3.8, 4) is 6.07 Å². The number of halogens is 1. The van der Waals surface area contributed by atoms with Gasteiger partial charge in [0, 0.05) is 30.0 Å². The predicted octanol–water partition coefficient (Wildman–Crippen LogP) is 3.72. The van der Waals surface area contributed by atoms with Crippen molar-refractivity contribution < 1.29 is 0 Å². The van der Waals surface area contributed by atoms with Gasteiger partial charge in [0.05, 0.1) is 11.6 Å². The van der Waals surface area contributed by atoms with Gasteiger partial charge in [-0.3, -0.25) is 4.99 Å². The zero-order valence-electron chi connectivity index (χ0n) is 14.2. The molecule has 0 aliphatic heterocycles. The van der Waals surface area contributed by atoms with E-state index in [9.17, 15) is 0 Å². The van der Waals surface area contributed by atoms with Crippen LogP contribution in [0.25, 0.3) is 0 Å². The lowest BCUT2D eigenvalue weighted by Crippen LogP contribution is -2.41. The van der Waals surface area contributed by atoms with Gasteiger partial charge in [-0.1, -0.05) is 46.3 Å². The molecule has 4 nitrogen and oxygen atoms in total. The average molecular weight is 397 g/mol. The lowest BCUT2D eigenvalue weighted by molar-refractivity contribution is 0.643. The first-order valence-corrected chi connectivity index (χ1v) is 9.15. The second-order valence-electron chi connectivity index (χ2n) is 6.35. The van der Waals surface area contributed by atoms with Crippen LogP contribution >= 0.6 is 15.9 Å². The molecule has 0 heterocycles. The van der Waals surface area contributed by atoms with Crippen LogP contribution in [0, 0.1) is 11.3 Å². The first-order valence-electron chi connectivity index (χ1n) is 8.35. The molecule has 1 fully saturated rings. The van der Waals surface area contributed by atoms with Gasteiger partial charge in [0.15, 0.2) is 5.96 Å². The number of nitriles is 1. The van der Waals surface area contributed by atoms with Crippen LogP contribution in [0.15, 0.2) is 58.0 Å². The Bertz CT molecular complexity index is 801. The minimum absolute atomic E-state index is 0.201. The van der Waals surface area contributed by atoms with Crippen molar-refractivity contribution in [3.63, 3.8) is 0 Å². The molecule has 0 aromatic heterocycles. The topological polar surface area (TPSA) is 60.2 Å². The van der Waals surface area contributed by atoms with E-state index >= 15 is 0 Å². The van der Waals surface area contributed by atoms with E-state index in [1.165, 1.54) is 22.9 Å². The molecular weight excluding hydrogens is 376 g/mol. The van der Waals surface area contributed by atoms with E-state index in [1.54, 1.807) is 7.05 Å². The Kier molecular flexibility index (Phi) is 5.40. The standard InChI is InChI=1S/C20H21BrN4/c1-23-19(24-13-16-8-6-15(12-22)7-9-16)25-14-20(10-11-20)17-4-2-3-5-18(17)21/h2-9H,10-11,13-14H2,1H3,(H2,23,24,25). The van der Waals surface area contributed by atoms with Gasteiger partial charge in [0.1, 0.15) is 0 Å². The Balaban J connectivity index is 1.56. The minimum Gasteiger partial charge on any atom is -0.356 e. The maximum Gasteiger partial charge on any atom is 0.191 e. The highest BCUT2D eigenvalue weighted by Gasteiger charge is 2.45. The highest BCUT2D eigenvalue weighted by Crippen LogP contribution is 2.49. The van der Waals surface area contributed by atoms with Crippen LogP contribution in [0.4, 0.5) is 0 Å². The maximum absolute atomic E-state index is 8.85. The first-order chi connectivity index (χ1) is 12.2. The molecule has 0 atom stereocenters. The first kappa shape index (κ1) is 17.5. The molecule has 2 N–H and O–H groups in total. The van der Waals surface area contributed by atoms with Gasteiger partial charge in [-0.25, -0.2) is 0 Å². The third-order valence-electron chi connectivity index (χ3n) is 4.66. The van der Waals surface area contributed by atoms with E-state index in [2.05, 4.69) is 61.9 Å². The number of nitrogens with zero attached hydrogens (tertiary/aromatic N) is 2. The van der Waals surface area contributed by atoms with Gasteiger partial charge in [0.25, 0.3) is 0 Å². The summed E-state index contributed by atoms with van der Waals surface area (Å²) in [6.07, 6.45) is 2.38. The van der Waals surface area contributed by atoms with E-state index in [-0.39, 0.29) is 5.41 Å². The summed E-state index contributed by atoms with van der Waals surface area (Å²) < 4.78 is 1.18. The van der Waals surface area contributed by atoms with Gasteiger partial charge < -0.3 is 10.6 Å². The van der Waals surface area contributed by atoms with Crippen molar-refractivity contribution in [1.82, 2.24) is 10.6 Å². The Morgan fingerprint density at radius 1 is 1.16 bits per heavy atom. The number of benzene rings is 2. The molecular formula is C20H21BrN4. The lowest BCUT2D eigenvalue weighted by atomic mass is 9.96. The van der Waals surface area contributed by atoms with Crippen molar-refractivity contribution in [2.24, 2.45) is 4.99 Å². The van der Waals surface area contributed by atoms with Crippen molar-refractivity contribution in [3.05, 3.63) is 69.7 Å². The minimum atomic E-state index is 0.201. The van der Waals surface area contributed by atoms with Gasteiger partial charge >= 0.3 is 0 Å². The van der Waals surface area contributed by atoms with Crippen LogP contribution in [-0.2, 0) is 12.0 Å². The molecule has 25 heavy (non-hydrogen) atoms. The van der Waals surface area contributed by atoms with Gasteiger partial charge in [-0.2, -0.15) is 5.26 Å². The lowest BCUT2D eigenvalue weighted by Gasteiger charge is -2.20. The van der Waals surface area contributed by atoms with Crippen molar-refractivity contribution in [2.75, 3.05) is 13.6 Å². The molecule has 5 heteroatoms. The van der Waals surface area contributed by atoms with E-state index in [0.717, 1.165) is 18.1 Å². The smallest absolute Gasteiger partial charge is 0.191 e. The number of nitrogens with one attached hydrogen (secondary N) is 2. The van der Waals surface area contributed by atoms with Crippen LogP contribution in [0.3, 0.4) is 0 Å². The SMILES string of the molecule is CN=C(NCc1ccc(C#N)cc1)NCC1(c2ccccc2Br)CC1. The average Bonchev–Trinajstić information content (AvgIpc) is 3.43. The number of aliphatic imine (C=N–C) groups is 1. The molecule has 2 aromatic rings. The quantitative estimate of drug-likeness (QED) is 0.597. The molecule has 0 amide bonds. The van der Waals surface area contributed by atoms with Crippen LogP contribution in [-0.4, -0.2) is 19.6 Å². The molecule has 0 saturated heterocycles. The number of hydrogen-bond donors (Lipinski definition) is 2. The summed E-state index contributed by atoms with van der Waals surface area (Å²) in [5.41, 5.74) is 3.36. The summed E-state index contributed by atoms with van der Waals surface area (Å²) in [5, 5.41) is 15.6. The second kappa shape index (κ2) is 7.71. The predicted molar refractivity (Wildman–Crippen MR) is 104 cm³/mol. The maximum atomic E-state index is 8.85. The van der Waals surface area contributed by atoms with Crippen LogP contribution < -0.4 is 10.6 Å². The van der Waals surface area contributed by atoms with E-state index < -0.39 is 0 Å². The fourth-order valence-corrected chi connectivity index (χ4v) is 3.65. The number of rotatable bonds is 5. The molecule has 0 bridgehead atoms. The normalized spacial score (nSPS) is 15.3. The van der Waals surface area contributed by atoms with Crippen LogP contribution in [0.5, 0.6) is 0 Å². The fraction of sp³-hybridized carbons (Fsp3) is 0.300. The summed E-state index contributed by atoms with van der Waals surface area (Å²) in [5.74, 6) is 0.794. The summed E-state index contributed by atoms with van der Waals surface area (Å²) in [4.78, 5) is 4.31. The molecule has 1 saturated carbocycles. The van der Waals surface area contributed by atoms with Crippen molar-refractivity contribution in [1.29, 1.82) is 5.26 Å². The Morgan fingerprint density at radius 3 is 2.48 bits per heavy atom. The van der Waals surface area contributed by atoms with E-state index in [0.29, 0.717) is 12.1 Å². The molecule has 0 radical (unpaired) electrons. The molecule has 0 unspecified atom stereocenters. The van der Waals surface area contributed by atoms with Crippen molar-refractivity contribution in [2.45, 2.75) is 24.8 Å².